The monoisotopic (exact) mass is 517 g/mol. The van der Waals surface area contributed by atoms with Crippen LogP contribution < -0.4 is 24.9 Å². The van der Waals surface area contributed by atoms with E-state index in [9.17, 15) is 14.4 Å². The van der Waals surface area contributed by atoms with Gasteiger partial charge in [-0.15, -0.1) is 0 Å². The largest absolute Gasteiger partial charge is 0.494 e. The fourth-order valence-corrected chi connectivity index (χ4v) is 5.79. The first kappa shape index (κ1) is 24.7. The van der Waals surface area contributed by atoms with Crippen molar-refractivity contribution >= 4 is 34.5 Å². The summed E-state index contributed by atoms with van der Waals surface area (Å²) < 4.78 is 12.9. The van der Waals surface area contributed by atoms with Crippen molar-refractivity contribution < 1.29 is 19.1 Å². The molecule has 0 unspecified atom stereocenters. The van der Waals surface area contributed by atoms with Gasteiger partial charge < -0.3 is 14.8 Å². The van der Waals surface area contributed by atoms with Crippen LogP contribution in [-0.4, -0.2) is 29.2 Å². The van der Waals surface area contributed by atoms with Crippen LogP contribution in [0.3, 0.4) is 0 Å². The molecule has 37 heavy (non-hydrogen) atoms. The first-order chi connectivity index (χ1) is 17.7. The van der Waals surface area contributed by atoms with Crippen molar-refractivity contribution in [2.75, 3.05) is 11.9 Å². The second kappa shape index (κ2) is 9.48. The lowest BCUT2D eigenvalue weighted by Crippen LogP contribution is -2.40. The molecule has 3 aromatic rings. The lowest BCUT2D eigenvalue weighted by atomic mass is 9.95. The molecule has 0 saturated heterocycles. The highest BCUT2D eigenvalue weighted by molar-refractivity contribution is 7.07. The number of anilines is 1. The van der Waals surface area contributed by atoms with Gasteiger partial charge in [-0.2, -0.15) is 0 Å². The molecule has 2 aliphatic heterocycles. The molecule has 0 fully saturated rings. The molecule has 1 N–H and O–H groups in total. The number of allylic oxidation sites excluding steroid dienone is 1. The van der Waals surface area contributed by atoms with E-state index in [1.807, 2.05) is 56.3 Å². The van der Waals surface area contributed by atoms with E-state index in [1.54, 1.807) is 20.8 Å². The van der Waals surface area contributed by atoms with Gasteiger partial charge in [0.05, 0.1) is 35.6 Å². The van der Waals surface area contributed by atoms with Crippen LogP contribution in [0.25, 0.3) is 5.57 Å². The predicted octanol–water partition coefficient (Wildman–Crippen LogP) is 3.22. The van der Waals surface area contributed by atoms with Crippen LogP contribution in [0.4, 0.5) is 5.69 Å². The normalized spacial score (nSPS) is 17.8. The lowest BCUT2D eigenvalue weighted by molar-refractivity contribution is -0.143. The molecule has 3 heterocycles. The van der Waals surface area contributed by atoms with E-state index in [4.69, 9.17) is 9.47 Å². The predicted molar refractivity (Wildman–Crippen MR) is 141 cm³/mol. The maximum atomic E-state index is 14.0. The summed E-state index contributed by atoms with van der Waals surface area (Å²) in [5.41, 5.74) is 3.72. The summed E-state index contributed by atoms with van der Waals surface area (Å²) in [6.07, 6.45) is -0.345. The van der Waals surface area contributed by atoms with Gasteiger partial charge in [0.15, 0.2) is 4.80 Å². The maximum absolute atomic E-state index is 14.0. The summed E-state index contributed by atoms with van der Waals surface area (Å²) in [6, 6.07) is 12.1. The first-order valence-electron chi connectivity index (χ1n) is 12.1. The van der Waals surface area contributed by atoms with Gasteiger partial charge in [-0.3, -0.25) is 14.2 Å². The Morgan fingerprint density at radius 3 is 2.54 bits per heavy atom. The summed E-state index contributed by atoms with van der Waals surface area (Å²) in [7, 11) is 0. The van der Waals surface area contributed by atoms with Gasteiger partial charge >= 0.3 is 5.97 Å². The number of aromatic nitrogens is 1. The van der Waals surface area contributed by atoms with Crippen molar-refractivity contribution in [3.8, 4) is 5.75 Å². The molecule has 1 atom stereocenters. The standard InChI is InChI=1S/C28H27N3O5S/c1-6-35-18-10-8-17(9-11-18)23-21(27(34)36-14(2)3)16(5)29-28-31(23)26(33)24(37-28)22-19-13-15(4)7-12-20(19)30-25(22)32/h7-14,23H,6H2,1-5H3,(H,30,32)/b24-22+/t23-/m0/s1. The van der Waals surface area contributed by atoms with E-state index in [2.05, 4.69) is 10.3 Å². The molecule has 2 aliphatic rings. The molecular formula is C28H27N3O5S. The number of hydrogen-bond donors (Lipinski definition) is 1. The van der Waals surface area contributed by atoms with E-state index < -0.39 is 12.0 Å². The van der Waals surface area contributed by atoms with Gasteiger partial charge in [-0.1, -0.05) is 35.1 Å². The summed E-state index contributed by atoms with van der Waals surface area (Å²) in [5, 5.41) is 2.85. The quantitative estimate of drug-likeness (QED) is 0.524. The number of benzene rings is 2. The molecule has 9 heteroatoms. The number of amides is 1. The Bertz CT molecular complexity index is 1640. The molecular weight excluding hydrogens is 490 g/mol. The molecule has 190 valence electrons. The topological polar surface area (TPSA) is 99.0 Å². The second-order valence-corrected chi connectivity index (χ2v) is 10.2. The minimum absolute atomic E-state index is 0.280. The molecule has 1 amide bonds. The molecule has 8 nitrogen and oxygen atoms in total. The van der Waals surface area contributed by atoms with Crippen molar-refractivity contribution in [1.29, 1.82) is 0 Å². The van der Waals surface area contributed by atoms with Crippen molar-refractivity contribution in [3.63, 3.8) is 0 Å². The molecule has 0 saturated carbocycles. The Hall–Kier alpha value is -3.98. The first-order valence-corrected chi connectivity index (χ1v) is 12.9. The number of nitrogens with zero attached hydrogens (tertiary/aromatic N) is 2. The number of nitrogens with one attached hydrogen (secondary N) is 1. The zero-order chi connectivity index (χ0) is 26.4. The summed E-state index contributed by atoms with van der Waals surface area (Å²) in [6.45, 7) is 9.64. The van der Waals surface area contributed by atoms with Crippen molar-refractivity contribution in [2.24, 2.45) is 4.99 Å². The molecule has 1 aromatic heterocycles. The molecule has 0 radical (unpaired) electrons. The van der Waals surface area contributed by atoms with E-state index >= 15 is 0 Å². The fraction of sp³-hybridized carbons (Fsp3) is 0.286. The maximum Gasteiger partial charge on any atom is 0.338 e. The average molecular weight is 518 g/mol. The van der Waals surface area contributed by atoms with Gasteiger partial charge in [-0.05, 0) is 64.4 Å². The zero-order valence-corrected chi connectivity index (χ0v) is 22.1. The van der Waals surface area contributed by atoms with Gasteiger partial charge in [0.2, 0.25) is 0 Å². The summed E-state index contributed by atoms with van der Waals surface area (Å²) in [5.74, 6) is -0.186. The van der Waals surface area contributed by atoms with Crippen LogP contribution in [-0.2, 0) is 14.3 Å². The Balaban J connectivity index is 1.77. The third kappa shape index (κ3) is 4.29. The van der Waals surface area contributed by atoms with E-state index in [0.717, 1.165) is 16.9 Å². The minimum atomic E-state index is -0.769. The number of esters is 1. The number of hydrogen-bond acceptors (Lipinski definition) is 7. The fourth-order valence-electron chi connectivity index (χ4n) is 4.65. The van der Waals surface area contributed by atoms with Gasteiger partial charge in [0, 0.05) is 11.3 Å². The SMILES string of the molecule is CCOc1ccc([C@H]2C(C(=O)OC(C)C)=C(C)N=c3s/c(=C4/C(=O)Nc5ccc(C)cc54)c(=O)n32)cc1. The highest BCUT2D eigenvalue weighted by Gasteiger charge is 2.35. The highest BCUT2D eigenvalue weighted by atomic mass is 32.1. The van der Waals surface area contributed by atoms with E-state index in [0.29, 0.717) is 45.2 Å². The van der Waals surface area contributed by atoms with E-state index in [-0.39, 0.29) is 27.7 Å². The number of ether oxygens (including phenoxy) is 2. The van der Waals surface area contributed by atoms with Crippen LogP contribution in [0, 0.1) is 6.92 Å². The number of rotatable bonds is 5. The van der Waals surface area contributed by atoms with Crippen LogP contribution in [0.5, 0.6) is 5.75 Å². The van der Waals surface area contributed by atoms with Crippen LogP contribution >= 0.6 is 11.3 Å². The summed E-state index contributed by atoms with van der Waals surface area (Å²) >= 11 is 1.15. The zero-order valence-electron chi connectivity index (χ0n) is 21.2. The summed E-state index contributed by atoms with van der Waals surface area (Å²) in [4.78, 5) is 45.3. The minimum Gasteiger partial charge on any atom is -0.494 e. The Morgan fingerprint density at radius 2 is 1.86 bits per heavy atom. The Labute approximate surface area is 217 Å². The number of thiazole rings is 1. The number of fused-ring (bicyclic) bond motifs is 2. The molecule has 2 aromatic carbocycles. The smallest absolute Gasteiger partial charge is 0.338 e. The number of aryl methyl sites for hydroxylation is 1. The molecule has 0 aliphatic carbocycles. The Kier molecular flexibility index (Phi) is 6.33. The van der Waals surface area contributed by atoms with Gasteiger partial charge in [-0.25, -0.2) is 9.79 Å². The number of carbonyl (C=O) groups excluding carboxylic acids is 2. The second-order valence-electron chi connectivity index (χ2n) is 9.24. The highest BCUT2D eigenvalue weighted by Crippen LogP contribution is 2.33. The van der Waals surface area contributed by atoms with Crippen LogP contribution in [0.1, 0.15) is 50.4 Å². The molecule has 5 rings (SSSR count). The lowest BCUT2D eigenvalue weighted by Gasteiger charge is -2.25. The molecule has 0 spiro atoms. The Morgan fingerprint density at radius 1 is 1.14 bits per heavy atom. The third-order valence-corrected chi connectivity index (χ3v) is 7.27. The van der Waals surface area contributed by atoms with Crippen molar-refractivity contribution in [3.05, 3.63) is 90.1 Å². The third-order valence-electron chi connectivity index (χ3n) is 6.21. The van der Waals surface area contributed by atoms with Crippen LogP contribution in [0.15, 0.2) is 63.5 Å². The average Bonchev–Trinajstić information content (AvgIpc) is 3.33. The van der Waals surface area contributed by atoms with Crippen LogP contribution in [0.2, 0.25) is 0 Å². The van der Waals surface area contributed by atoms with E-state index in [1.165, 1.54) is 4.57 Å². The van der Waals surface area contributed by atoms with Gasteiger partial charge in [0.1, 0.15) is 10.3 Å². The molecule has 0 bridgehead atoms. The number of carbonyl (C=O) groups is 2. The van der Waals surface area contributed by atoms with Crippen molar-refractivity contribution in [2.45, 2.75) is 46.8 Å². The van der Waals surface area contributed by atoms with Gasteiger partial charge in [0.25, 0.3) is 11.5 Å². The van der Waals surface area contributed by atoms with Crippen molar-refractivity contribution in [1.82, 2.24) is 4.57 Å².